The molecule has 5 heteroatoms. The van der Waals surface area contributed by atoms with Gasteiger partial charge in [0.15, 0.2) is 0 Å². The van der Waals surface area contributed by atoms with E-state index in [2.05, 4.69) is 0 Å². The molecule has 2 N–H and O–H groups in total. The van der Waals surface area contributed by atoms with Crippen LogP contribution in [0.3, 0.4) is 0 Å². The monoisotopic (exact) mass is 226 g/mol. The summed E-state index contributed by atoms with van der Waals surface area (Å²) in [4.78, 5) is 21.5. The minimum Gasteiger partial charge on any atom is -0.478 e. The lowest BCUT2D eigenvalue weighted by Gasteiger charge is -2.07. The number of carbonyl (C=O) groups is 2. The second kappa shape index (κ2) is 5.34. The van der Waals surface area contributed by atoms with Crippen LogP contribution >= 0.6 is 0 Å². The Morgan fingerprint density at radius 1 is 1.50 bits per heavy atom. The summed E-state index contributed by atoms with van der Waals surface area (Å²) in [6.45, 7) is 2.02. The van der Waals surface area contributed by atoms with E-state index in [1.165, 1.54) is 6.08 Å². The van der Waals surface area contributed by atoms with Gasteiger partial charge in [-0.15, -0.1) is 0 Å². The molecule has 0 spiro atoms. The van der Waals surface area contributed by atoms with E-state index in [0.717, 1.165) is 19.3 Å². The Morgan fingerprint density at radius 3 is 2.69 bits per heavy atom. The van der Waals surface area contributed by atoms with Gasteiger partial charge in [0.25, 0.3) is 0 Å². The van der Waals surface area contributed by atoms with Gasteiger partial charge in [-0.1, -0.05) is 25.8 Å². The third kappa shape index (κ3) is 2.85. The maximum absolute atomic E-state index is 10.8. The largest absolute Gasteiger partial charge is 0.478 e. The van der Waals surface area contributed by atoms with Crippen LogP contribution in [0.15, 0.2) is 23.5 Å². The predicted molar refractivity (Wildman–Crippen MR) is 55.8 cm³/mol. The fourth-order valence-corrected chi connectivity index (χ4v) is 1.40. The van der Waals surface area contributed by atoms with Crippen LogP contribution in [0.2, 0.25) is 0 Å². The van der Waals surface area contributed by atoms with E-state index in [1.54, 1.807) is 6.08 Å². The molecule has 0 saturated carbocycles. The van der Waals surface area contributed by atoms with Gasteiger partial charge in [0.2, 0.25) is 11.9 Å². The average molecular weight is 226 g/mol. The number of unbranched alkanes of at least 4 members (excludes halogenated alkanes) is 2. The maximum Gasteiger partial charge on any atom is 0.371 e. The number of rotatable bonds is 5. The molecule has 1 aliphatic heterocycles. The van der Waals surface area contributed by atoms with Gasteiger partial charge in [-0.2, -0.15) is 0 Å². The van der Waals surface area contributed by atoms with Crippen molar-refractivity contribution in [3.8, 4) is 0 Å². The Morgan fingerprint density at radius 2 is 2.19 bits per heavy atom. The van der Waals surface area contributed by atoms with Gasteiger partial charge in [-0.05, 0) is 12.5 Å². The lowest BCUT2D eigenvalue weighted by molar-refractivity contribution is -0.147. The molecule has 5 nitrogen and oxygen atoms in total. The zero-order chi connectivity index (χ0) is 12.1. The fourth-order valence-electron chi connectivity index (χ4n) is 1.40. The Balaban J connectivity index is 2.80. The lowest BCUT2D eigenvalue weighted by Crippen LogP contribution is -2.22. The number of hydrogen-bond acceptors (Lipinski definition) is 3. The number of carboxylic acid groups (broad SMARTS) is 2. The van der Waals surface area contributed by atoms with Gasteiger partial charge in [-0.25, -0.2) is 9.59 Å². The zero-order valence-electron chi connectivity index (χ0n) is 8.97. The Kier molecular flexibility index (Phi) is 4.10. The van der Waals surface area contributed by atoms with Gasteiger partial charge in [0, 0.05) is 5.57 Å². The van der Waals surface area contributed by atoms with Crippen molar-refractivity contribution in [1.82, 2.24) is 0 Å². The second-order valence-corrected chi connectivity index (χ2v) is 3.50. The Bertz CT molecular complexity index is 353. The van der Waals surface area contributed by atoms with Gasteiger partial charge < -0.3 is 14.9 Å². The van der Waals surface area contributed by atoms with E-state index in [9.17, 15) is 9.59 Å². The van der Waals surface area contributed by atoms with Crippen LogP contribution < -0.4 is 0 Å². The summed E-state index contributed by atoms with van der Waals surface area (Å²) in [6, 6.07) is 0. The van der Waals surface area contributed by atoms with Crippen LogP contribution in [0.1, 0.15) is 26.2 Å². The van der Waals surface area contributed by atoms with Crippen LogP contribution in [0.5, 0.6) is 0 Å². The third-order valence-electron chi connectivity index (χ3n) is 2.22. The van der Waals surface area contributed by atoms with E-state index in [1.807, 2.05) is 6.92 Å². The molecule has 0 fully saturated rings. The summed E-state index contributed by atoms with van der Waals surface area (Å²) in [5, 5.41) is 17.5. The molecule has 1 atom stereocenters. The number of ether oxygens (including phenoxy) is 1. The average Bonchev–Trinajstić information content (AvgIpc) is 2.62. The topological polar surface area (TPSA) is 83.8 Å². The summed E-state index contributed by atoms with van der Waals surface area (Å²) < 4.78 is 4.82. The predicted octanol–water partition coefficient (Wildman–Crippen LogP) is 1.55. The highest BCUT2D eigenvalue weighted by atomic mass is 16.5. The van der Waals surface area contributed by atoms with Crippen molar-refractivity contribution in [3.05, 3.63) is 23.5 Å². The molecule has 0 aromatic heterocycles. The first-order valence-corrected chi connectivity index (χ1v) is 5.10. The Labute approximate surface area is 93.0 Å². The molecule has 1 aliphatic rings. The van der Waals surface area contributed by atoms with Crippen molar-refractivity contribution in [3.63, 3.8) is 0 Å². The molecule has 0 saturated heterocycles. The minimum absolute atomic E-state index is 0.310. The second-order valence-electron chi connectivity index (χ2n) is 3.50. The molecule has 0 aromatic rings. The van der Waals surface area contributed by atoms with Crippen LogP contribution in [-0.4, -0.2) is 28.3 Å². The molecule has 1 unspecified atom stereocenters. The summed E-state index contributed by atoms with van der Waals surface area (Å²) in [5.41, 5.74) is 0.415. The fraction of sp³-hybridized carbons (Fsp3) is 0.455. The number of carboxylic acids is 2. The first-order valence-electron chi connectivity index (χ1n) is 5.10. The standard InChI is InChI=1S/C11H14O5/c1-2-3-4-5-7-6-8(10(12)13)16-9(7)11(14)15/h5-6,9H,2-4H2,1H3,(H,12,13)(H,14,15). The van der Waals surface area contributed by atoms with Crippen molar-refractivity contribution in [2.24, 2.45) is 0 Å². The van der Waals surface area contributed by atoms with Crippen molar-refractivity contribution < 1.29 is 24.5 Å². The number of hydrogen-bond donors (Lipinski definition) is 2. The molecule has 0 radical (unpaired) electrons. The molecular formula is C11H14O5. The maximum atomic E-state index is 10.8. The highest BCUT2D eigenvalue weighted by Gasteiger charge is 2.32. The molecule has 0 bridgehead atoms. The summed E-state index contributed by atoms with van der Waals surface area (Å²) in [7, 11) is 0. The molecule has 0 amide bonds. The van der Waals surface area contributed by atoms with E-state index >= 15 is 0 Å². The molecule has 16 heavy (non-hydrogen) atoms. The van der Waals surface area contributed by atoms with Crippen LogP contribution in [0.25, 0.3) is 0 Å². The smallest absolute Gasteiger partial charge is 0.371 e. The molecular weight excluding hydrogens is 212 g/mol. The van der Waals surface area contributed by atoms with Gasteiger partial charge >= 0.3 is 11.9 Å². The first kappa shape index (κ1) is 12.3. The van der Waals surface area contributed by atoms with Gasteiger partial charge in [-0.3, -0.25) is 0 Å². The summed E-state index contributed by atoms with van der Waals surface area (Å²) >= 11 is 0. The normalized spacial score (nSPS) is 21.7. The van der Waals surface area contributed by atoms with Crippen molar-refractivity contribution in [2.75, 3.05) is 0 Å². The van der Waals surface area contributed by atoms with Gasteiger partial charge in [0.1, 0.15) is 0 Å². The van der Waals surface area contributed by atoms with Crippen molar-refractivity contribution >= 4 is 11.9 Å². The zero-order valence-corrected chi connectivity index (χ0v) is 8.97. The molecule has 1 rings (SSSR count). The highest BCUT2D eigenvalue weighted by molar-refractivity contribution is 5.89. The lowest BCUT2D eigenvalue weighted by atomic mass is 10.1. The Hall–Kier alpha value is -1.78. The third-order valence-corrected chi connectivity index (χ3v) is 2.22. The SMILES string of the molecule is CCCCC=C1C=C(C(=O)O)OC1C(=O)O. The van der Waals surface area contributed by atoms with E-state index in [4.69, 9.17) is 14.9 Å². The first-order chi connectivity index (χ1) is 7.56. The van der Waals surface area contributed by atoms with Crippen molar-refractivity contribution in [1.29, 1.82) is 0 Å². The highest BCUT2D eigenvalue weighted by Crippen LogP contribution is 2.24. The summed E-state index contributed by atoms with van der Waals surface area (Å²) in [6.07, 6.45) is 4.48. The molecule has 1 heterocycles. The van der Waals surface area contributed by atoms with Crippen LogP contribution in [-0.2, 0) is 14.3 Å². The van der Waals surface area contributed by atoms with E-state index in [-0.39, 0.29) is 5.76 Å². The number of aliphatic carboxylic acids is 2. The number of allylic oxidation sites excluding steroid dienone is 1. The van der Waals surface area contributed by atoms with Crippen LogP contribution in [0.4, 0.5) is 0 Å². The summed E-state index contributed by atoms with van der Waals surface area (Å²) in [5.74, 6) is -2.73. The van der Waals surface area contributed by atoms with E-state index < -0.39 is 18.0 Å². The minimum atomic E-state index is -1.25. The van der Waals surface area contributed by atoms with E-state index in [0.29, 0.717) is 5.57 Å². The molecule has 0 aromatic carbocycles. The van der Waals surface area contributed by atoms with Gasteiger partial charge in [0.05, 0.1) is 0 Å². The molecule has 0 aliphatic carbocycles. The van der Waals surface area contributed by atoms with Crippen LogP contribution in [0, 0.1) is 0 Å². The quantitative estimate of drug-likeness (QED) is 0.695. The molecule has 88 valence electrons. The van der Waals surface area contributed by atoms with Crippen molar-refractivity contribution in [2.45, 2.75) is 32.3 Å².